The van der Waals surface area contributed by atoms with Crippen molar-refractivity contribution in [3.63, 3.8) is 0 Å². The molecular weight excluding hydrogens is 314 g/mol. The number of nitrogens with zero attached hydrogens (tertiary/aromatic N) is 1. The summed E-state index contributed by atoms with van der Waals surface area (Å²) in [5, 5.41) is 0. The van der Waals surface area contributed by atoms with E-state index in [-0.39, 0.29) is 17.8 Å². The van der Waals surface area contributed by atoms with Crippen LogP contribution < -0.4 is 9.47 Å². The van der Waals surface area contributed by atoms with Gasteiger partial charge in [0, 0.05) is 19.6 Å². The van der Waals surface area contributed by atoms with Gasteiger partial charge in [-0.2, -0.15) is 0 Å². The van der Waals surface area contributed by atoms with Crippen LogP contribution in [-0.2, 0) is 6.54 Å². The van der Waals surface area contributed by atoms with Crippen molar-refractivity contribution in [3.05, 3.63) is 59.2 Å². The number of ether oxygens (including phenoxy) is 2. The Kier molecular flexibility index (Phi) is 4.22. The lowest BCUT2D eigenvalue weighted by Gasteiger charge is -2.40. The first-order valence-corrected chi connectivity index (χ1v) is 8.81. The summed E-state index contributed by atoms with van der Waals surface area (Å²) in [5.41, 5.74) is 3.08. The van der Waals surface area contributed by atoms with E-state index < -0.39 is 0 Å². The topological polar surface area (TPSA) is 38.8 Å². The van der Waals surface area contributed by atoms with Crippen LogP contribution in [0.1, 0.15) is 27.9 Å². The molecule has 2 heterocycles. The normalized spacial score (nSPS) is 22.7. The number of likely N-dealkylation sites (tertiary alicyclic amines) is 1. The highest BCUT2D eigenvalue weighted by Gasteiger charge is 2.40. The minimum Gasteiger partial charge on any atom is -0.497 e. The highest BCUT2D eigenvalue weighted by molar-refractivity contribution is 6.02. The van der Waals surface area contributed by atoms with Crippen molar-refractivity contribution in [1.82, 2.24) is 4.90 Å². The molecule has 0 N–H and O–H groups in total. The van der Waals surface area contributed by atoms with E-state index in [0.717, 1.165) is 48.7 Å². The minimum absolute atomic E-state index is 0.00910. The number of carbonyl (C=O) groups is 1. The Morgan fingerprint density at radius 1 is 1.20 bits per heavy atom. The van der Waals surface area contributed by atoms with Crippen molar-refractivity contribution < 1.29 is 14.3 Å². The number of piperidine rings is 1. The van der Waals surface area contributed by atoms with Crippen LogP contribution in [-0.4, -0.2) is 37.0 Å². The van der Waals surface area contributed by atoms with Crippen molar-refractivity contribution in [1.29, 1.82) is 0 Å². The summed E-state index contributed by atoms with van der Waals surface area (Å²) in [6.45, 7) is 4.56. The number of aryl methyl sites for hydroxylation is 1. The van der Waals surface area contributed by atoms with E-state index in [2.05, 4.69) is 17.0 Å². The van der Waals surface area contributed by atoms with Gasteiger partial charge >= 0.3 is 0 Å². The number of hydrogen-bond acceptors (Lipinski definition) is 4. The predicted molar refractivity (Wildman–Crippen MR) is 96.3 cm³/mol. The summed E-state index contributed by atoms with van der Waals surface area (Å²) >= 11 is 0. The van der Waals surface area contributed by atoms with Crippen LogP contribution in [0.15, 0.2) is 42.5 Å². The van der Waals surface area contributed by atoms with Crippen LogP contribution in [0, 0.1) is 12.8 Å². The van der Waals surface area contributed by atoms with E-state index in [9.17, 15) is 4.79 Å². The van der Waals surface area contributed by atoms with Crippen LogP contribution in [0.4, 0.5) is 0 Å². The van der Waals surface area contributed by atoms with Crippen molar-refractivity contribution in [3.8, 4) is 11.5 Å². The third kappa shape index (κ3) is 3.14. The molecule has 2 atom stereocenters. The number of rotatable bonds is 3. The van der Waals surface area contributed by atoms with Crippen molar-refractivity contribution >= 4 is 5.78 Å². The Bertz CT molecular complexity index is 784. The quantitative estimate of drug-likeness (QED) is 0.860. The van der Waals surface area contributed by atoms with Gasteiger partial charge in [-0.1, -0.05) is 23.8 Å². The van der Waals surface area contributed by atoms with Crippen LogP contribution in [0.2, 0.25) is 0 Å². The molecular formula is C21H23NO3. The number of hydrogen-bond donors (Lipinski definition) is 0. The zero-order valence-electron chi connectivity index (χ0n) is 14.7. The van der Waals surface area contributed by atoms with Crippen molar-refractivity contribution in [2.24, 2.45) is 5.92 Å². The van der Waals surface area contributed by atoms with E-state index in [0.29, 0.717) is 0 Å². The highest BCUT2D eigenvalue weighted by Crippen LogP contribution is 2.35. The maximum atomic E-state index is 13.0. The zero-order valence-corrected chi connectivity index (χ0v) is 14.7. The van der Waals surface area contributed by atoms with Gasteiger partial charge < -0.3 is 9.47 Å². The first kappa shape index (κ1) is 16.2. The number of methoxy groups -OCH3 is 1. The summed E-state index contributed by atoms with van der Waals surface area (Å²) in [4.78, 5) is 15.3. The van der Waals surface area contributed by atoms with Crippen molar-refractivity contribution in [2.75, 3.05) is 20.2 Å². The highest BCUT2D eigenvalue weighted by atomic mass is 16.5. The van der Waals surface area contributed by atoms with Gasteiger partial charge in [-0.15, -0.1) is 0 Å². The van der Waals surface area contributed by atoms with E-state index in [1.54, 1.807) is 7.11 Å². The van der Waals surface area contributed by atoms with Gasteiger partial charge in [-0.25, -0.2) is 0 Å². The Morgan fingerprint density at radius 3 is 2.76 bits per heavy atom. The average molecular weight is 337 g/mol. The smallest absolute Gasteiger partial charge is 0.174 e. The molecule has 0 aliphatic carbocycles. The largest absolute Gasteiger partial charge is 0.497 e. The monoisotopic (exact) mass is 337 g/mol. The third-order valence-corrected chi connectivity index (χ3v) is 5.21. The maximum absolute atomic E-state index is 13.0. The van der Waals surface area contributed by atoms with Gasteiger partial charge in [0.1, 0.15) is 17.6 Å². The lowest BCUT2D eigenvalue weighted by molar-refractivity contribution is 0.0267. The standard InChI is InChI=1S/C21H23NO3/c1-14-3-8-19-17(11-14)21(23)18-13-22(10-9-20(18)25-19)12-15-4-6-16(24-2)7-5-15/h3-8,11,18,20H,9-10,12-13H2,1-2H3/t18-,20-/m0/s1. The number of benzene rings is 2. The molecule has 0 amide bonds. The molecule has 0 radical (unpaired) electrons. The fraction of sp³-hybridized carbons (Fsp3) is 0.381. The average Bonchev–Trinajstić information content (AvgIpc) is 2.64. The summed E-state index contributed by atoms with van der Waals surface area (Å²) in [5.74, 6) is 1.78. The summed E-state index contributed by atoms with van der Waals surface area (Å²) in [7, 11) is 1.67. The number of carbonyl (C=O) groups excluding carboxylic acids is 1. The molecule has 0 aromatic heterocycles. The van der Waals surface area contributed by atoms with E-state index in [1.807, 2.05) is 37.3 Å². The maximum Gasteiger partial charge on any atom is 0.174 e. The van der Waals surface area contributed by atoms with Crippen molar-refractivity contribution in [2.45, 2.75) is 26.0 Å². The second-order valence-corrected chi connectivity index (χ2v) is 7.00. The molecule has 0 bridgehead atoms. The van der Waals surface area contributed by atoms with E-state index >= 15 is 0 Å². The van der Waals surface area contributed by atoms with Gasteiger partial charge in [0.25, 0.3) is 0 Å². The predicted octanol–water partition coefficient (Wildman–Crippen LogP) is 3.47. The number of ketones is 1. The molecule has 1 fully saturated rings. The van der Waals surface area contributed by atoms with Crippen LogP contribution >= 0.6 is 0 Å². The van der Waals surface area contributed by atoms with Gasteiger partial charge in [0.2, 0.25) is 0 Å². The molecule has 4 rings (SSSR count). The summed E-state index contributed by atoms with van der Waals surface area (Å²) < 4.78 is 11.3. The Balaban J connectivity index is 1.49. The fourth-order valence-corrected chi connectivity index (χ4v) is 3.83. The van der Waals surface area contributed by atoms with Crippen LogP contribution in [0.3, 0.4) is 0 Å². The van der Waals surface area contributed by atoms with Crippen LogP contribution in [0.5, 0.6) is 11.5 Å². The molecule has 0 spiro atoms. The summed E-state index contributed by atoms with van der Waals surface area (Å²) in [6, 6.07) is 14.0. The SMILES string of the molecule is COc1ccc(CN2CC[C@@H]3Oc4ccc(C)cc4C(=O)[C@H]3C2)cc1. The first-order chi connectivity index (χ1) is 12.1. The minimum atomic E-state index is -0.0682. The molecule has 130 valence electrons. The zero-order chi connectivity index (χ0) is 17.4. The molecule has 2 aliphatic heterocycles. The van der Waals surface area contributed by atoms with Gasteiger partial charge in [0.15, 0.2) is 5.78 Å². The molecule has 4 heteroatoms. The van der Waals surface area contributed by atoms with Crippen LogP contribution in [0.25, 0.3) is 0 Å². The molecule has 0 saturated carbocycles. The molecule has 4 nitrogen and oxygen atoms in total. The summed E-state index contributed by atoms with van der Waals surface area (Å²) in [6.07, 6.45) is 0.898. The Labute approximate surface area is 148 Å². The first-order valence-electron chi connectivity index (χ1n) is 8.81. The fourth-order valence-electron chi connectivity index (χ4n) is 3.83. The lowest BCUT2D eigenvalue weighted by Crippen LogP contribution is -2.50. The second kappa shape index (κ2) is 6.52. The molecule has 0 unspecified atom stereocenters. The Hall–Kier alpha value is -2.33. The second-order valence-electron chi connectivity index (χ2n) is 7.00. The van der Waals surface area contributed by atoms with Gasteiger partial charge in [-0.05, 0) is 43.2 Å². The molecule has 1 saturated heterocycles. The molecule has 25 heavy (non-hydrogen) atoms. The molecule has 2 aliphatic rings. The third-order valence-electron chi connectivity index (χ3n) is 5.21. The van der Waals surface area contributed by atoms with Gasteiger partial charge in [0.05, 0.1) is 18.6 Å². The Morgan fingerprint density at radius 2 is 2.00 bits per heavy atom. The molecule has 2 aromatic rings. The van der Waals surface area contributed by atoms with Gasteiger partial charge in [-0.3, -0.25) is 9.69 Å². The number of fused-ring (bicyclic) bond motifs is 2. The van der Waals surface area contributed by atoms with E-state index in [1.165, 1.54) is 5.56 Å². The lowest BCUT2D eigenvalue weighted by atomic mass is 9.84. The van der Waals surface area contributed by atoms with E-state index in [4.69, 9.17) is 9.47 Å². The number of Topliss-reactive ketones (excluding diaryl/α,β-unsaturated/α-hetero) is 1. The molecule has 2 aromatic carbocycles.